The molecule has 0 aliphatic rings. The Morgan fingerprint density at radius 1 is 1.12 bits per heavy atom. The van der Waals surface area contributed by atoms with Crippen molar-refractivity contribution < 1.29 is 27.1 Å². The van der Waals surface area contributed by atoms with Gasteiger partial charge in [-0.1, -0.05) is 18.2 Å². The fraction of sp³-hybridized carbons (Fsp3) is 0.118. The maximum absolute atomic E-state index is 13.9. The number of halogens is 1. The highest BCUT2D eigenvalue weighted by Gasteiger charge is 2.24. The first-order valence-corrected chi connectivity index (χ1v) is 8.61. The summed E-state index contributed by atoms with van der Waals surface area (Å²) in [5.41, 5.74) is 0.398. The number of ether oxygens (including phenoxy) is 2. The van der Waals surface area contributed by atoms with Crippen molar-refractivity contribution in [2.75, 3.05) is 14.2 Å². The van der Waals surface area contributed by atoms with Gasteiger partial charge in [0.15, 0.2) is 11.6 Å². The molecule has 8 heteroatoms. The molecule has 0 saturated heterocycles. The van der Waals surface area contributed by atoms with Crippen molar-refractivity contribution in [1.29, 1.82) is 0 Å². The number of rotatable bonds is 4. The van der Waals surface area contributed by atoms with Gasteiger partial charge in [0.05, 0.1) is 30.2 Å². The lowest BCUT2D eigenvalue weighted by Gasteiger charge is -2.09. The number of carbonyl (C=O) groups excluding carboxylic acids is 1. The van der Waals surface area contributed by atoms with E-state index in [0.29, 0.717) is 10.9 Å². The second-order valence-corrected chi connectivity index (χ2v) is 6.96. The molecule has 6 nitrogen and oxygen atoms in total. The number of esters is 1. The second kappa shape index (κ2) is 6.21. The summed E-state index contributed by atoms with van der Waals surface area (Å²) in [5, 5.41) is 0.423. The number of carbonyl (C=O) groups is 1. The molecule has 2 aromatic carbocycles. The smallest absolute Gasteiger partial charge is 0.340 e. The van der Waals surface area contributed by atoms with Gasteiger partial charge in [-0.15, -0.1) is 0 Å². The normalized spacial score (nSPS) is 11.5. The number of benzene rings is 2. The number of para-hydroxylation sites is 1. The van der Waals surface area contributed by atoms with Crippen LogP contribution in [0.1, 0.15) is 10.4 Å². The molecule has 0 spiro atoms. The molecule has 3 aromatic rings. The van der Waals surface area contributed by atoms with Crippen LogP contribution in [0.25, 0.3) is 10.9 Å². The van der Waals surface area contributed by atoms with Gasteiger partial charge in [0, 0.05) is 11.6 Å². The molecular weight excluding hydrogens is 349 g/mol. The average molecular weight is 363 g/mol. The first-order valence-electron chi connectivity index (χ1n) is 7.17. The summed E-state index contributed by atoms with van der Waals surface area (Å²) < 4.78 is 50.2. The SMILES string of the molecule is COC(=O)c1cn(S(=O)(=O)c2ccc(OC)c(F)c2)c2ccccc12. The summed E-state index contributed by atoms with van der Waals surface area (Å²) in [6, 6.07) is 9.84. The van der Waals surface area contributed by atoms with Crippen molar-refractivity contribution in [2.45, 2.75) is 4.90 Å². The highest BCUT2D eigenvalue weighted by Crippen LogP contribution is 2.28. The van der Waals surface area contributed by atoms with Crippen molar-refractivity contribution >= 4 is 26.9 Å². The van der Waals surface area contributed by atoms with E-state index in [2.05, 4.69) is 0 Å². The van der Waals surface area contributed by atoms with Crippen LogP contribution in [0.15, 0.2) is 53.6 Å². The largest absolute Gasteiger partial charge is 0.494 e. The third-order valence-corrected chi connectivity index (χ3v) is 5.43. The molecule has 0 aliphatic carbocycles. The van der Waals surface area contributed by atoms with Gasteiger partial charge in [-0.05, 0) is 24.3 Å². The summed E-state index contributed by atoms with van der Waals surface area (Å²) in [4.78, 5) is 11.7. The molecule has 0 aliphatic heterocycles. The van der Waals surface area contributed by atoms with Gasteiger partial charge < -0.3 is 9.47 Å². The Balaban J connectivity index is 2.25. The number of hydrogen-bond acceptors (Lipinski definition) is 5. The maximum Gasteiger partial charge on any atom is 0.340 e. The van der Waals surface area contributed by atoms with Crippen LogP contribution in [0.2, 0.25) is 0 Å². The standard InChI is InChI=1S/C17H14FNO5S/c1-23-16-8-7-11(9-14(16)18)25(21,22)19-10-13(17(20)24-2)12-5-3-4-6-15(12)19/h3-10H,1-2H3. The number of methoxy groups -OCH3 is 2. The zero-order valence-electron chi connectivity index (χ0n) is 13.4. The maximum atomic E-state index is 13.9. The molecule has 0 atom stereocenters. The third-order valence-electron chi connectivity index (χ3n) is 3.76. The van der Waals surface area contributed by atoms with Crippen molar-refractivity contribution in [2.24, 2.45) is 0 Å². The van der Waals surface area contributed by atoms with Crippen LogP contribution in [0.3, 0.4) is 0 Å². The van der Waals surface area contributed by atoms with Crippen molar-refractivity contribution in [3.05, 3.63) is 60.0 Å². The van der Waals surface area contributed by atoms with Crippen LogP contribution in [-0.4, -0.2) is 32.6 Å². The van der Waals surface area contributed by atoms with E-state index in [1.165, 1.54) is 32.5 Å². The number of hydrogen-bond donors (Lipinski definition) is 0. The molecule has 0 fully saturated rings. The van der Waals surface area contributed by atoms with Crippen LogP contribution in [0.5, 0.6) is 5.75 Å². The predicted octanol–water partition coefficient (Wildman–Crippen LogP) is 2.81. The van der Waals surface area contributed by atoms with E-state index >= 15 is 0 Å². The molecule has 1 aromatic heterocycles. The van der Waals surface area contributed by atoms with Crippen molar-refractivity contribution in [3.8, 4) is 5.75 Å². The summed E-state index contributed by atoms with van der Waals surface area (Å²) in [7, 11) is -1.62. The Bertz CT molecular complexity index is 1070. The van der Waals surface area contributed by atoms with E-state index in [1.54, 1.807) is 24.3 Å². The predicted molar refractivity (Wildman–Crippen MR) is 88.8 cm³/mol. The van der Waals surface area contributed by atoms with Crippen molar-refractivity contribution in [1.82, 2.24) is 3.97 Å². The van der Waals surface area contributed by atoms with E-state index < -0.39 is 21.8 Å². The molecule has 0 saturated carbocycles. The fourth-order valence-corrected chi connectivity index (χ4v) is 3.92. The Labute approximate surface area is 143 Å². The molecule has 0 unspecified atom stereocenters. The summed E-state index contributed by atoms with van der Waals surface area (Å²) in [5.74, 6) is -1.52. The lowest BCUT2D eigenvalue weighted by molar-refractivity contribution is 0.0603. The molecular formula is C17H14FNO5S. The quantitative estimate of drug-likeness (QED) is 0.667. The first kappa shape index (κ1) is 17.0. The minimum atomic E-state index is -4.12. The van der Waals surface area contributed by atoms with Gasteiger partial charge >= 0.3 is 5.97 Å². The highest BCUT2D eigenvalue weighted by atomic mass is 32.2. The first-order chi connectivity index (χ1) is 11.9. The summed E-state index contributed by atoms with van der Waals surface area (Å²) >= 11 is 0. The topological polar surface area (TPSA) is 74.6 Å². The Morgan fingerprint density at radius 2 is 1.84 bits per heavy atom. The van der Waals surface area contributed by atoms with Gasteiger partial charge in [0.25, 0.3) is 10.0 Å². The molecule has 0 bridgehead atoms. The van der Waals surface area contributed by atoms with Crippen LogP contribution in [0.4, 0.5) is 4.39 Å². The number of aromatic nitrogens is 1. The third kappa shape index (κ3) is 2.74. The lowest BCUT2D eigenvalue weighted by atomic mass is 10.2. The molecule has 1 heterocycles. The van der Waals surface area contributed by atoms with Gasteiger partial charge in [-0.25, -0.2) is 21.6 Å². The molecule has 0 N–H and O–H groups in total. The number of fused-ring (bicyclic) bond motifs is 1. The highest BCUT2D eigenvalue weighted by molar-refractivity contribution is 7.90. The van der Waals surface area contributed by atoms with Crippen LogP contribution in [0, 0.1) is 5.82 Å². The van der Waals surface area contributed by atoms with Crippen LogP contribution < -0.4 is 4.74 Å². The minimum absolute atomic E-state index is 0.0634. The average Bonchev–Trinajstić information content (AvgIpc) is 3.01. The van der Waals surface area contributed by atoms with Crippen molar-refractivity contribution in [3.63, 3.8) is 0 Å². The summed E-state index contributed by atoms with van der Waals surface area (Å²) in [6.07, 6.45) is 1.17. The fourth-order valence-electron chi connectivity index (χ4n) is 2.54. The van der Waals surface area contributed by atoms with Crippen LogP contribution in [-0.2, 0) is 14.8 Å². The molecule has 3 rings (SSSR count). The van der Waals surface area contributed by atoms with E-state index in [0.717, 1.165) is 10.0 Å². The van der Waals surface area contributed by atoms with E-state index in [9.17, 15) is 17.6 Å². The molecule has 0 radical (unpaired) electrons. The van der Waals surface area contributed by atoms with E-state index in [4.69, 9.17) is 9.47 Å². The lowest BCUT2D eigenvalue weighted by Crippen LogP contribution is -2.12. The zero-order valence-corrected chi connectivity index (χ0v) is 14.2. The van der Waals surface area contributed by atoms with Gasteiger partial charge in [0.2, 0.25) is 0 Å². The van der Waals surface area contributed by atoms with Crippen LogP contribution >= 0.6 is 0 Å². The minimum Gasteiger partial charge on any atom is -0.494 e. The second-order valence-electron chi connectivity index (χ2n) is 5.15. The molecule has 130 valence electrons. The summed E-state index contributed by atoms with van der Waals surface area (Å²) in [6.45, 7) is 0. The van der Waals surface area contributed by atoms with E-state index in [1.807, 2.05) is 0 Å². The Kier molecular flexibility index (Phi) is 4.22. The molecule has 25 heavy (non-hydrogen) atoms. The monoisotopic (exact) mass is 363 g/mol. The van der Waals surface area contributed by atoms with Gasteiger partial charge in [0.1, 0.15) is 0 Å². The Morgan fingerprint density at radius 3 is 2.48 bits per heavy atom. The van der Waals surface area contributed by atoms with Gasteiger partial charge in [-0.3, -0.25) is 0 Å². The Hall–Kier alpha value is -2.87. The molecule has 0 amide bonds. The zero-order chi connectivity index (χ0) is 18.2. The van der Waals surface area contributed by atoms with E-state index in [-0.39, 0.29) is 16.2 Å². The number of nitrogens with zero attached hydrogens (tertiary/aromatic N) is 1. The van der Waals surface area contributed by atoms with Gasteiger partial charge in [-0.2, -0.15) is 0 Å².